The van der Waals surface area contributed by atoms with Crippen molar-refractivity contribution in [2.24, 2.45) is 0 Å². The Bertz CT molecular complexity index is 813. The zero-order valence-electron chi connectivity index (χ0n) is 21.5. The number of phenols is 1. The highest BCUT2D eigenvalue weighted by atomic mass is 16.5. The number of nitrogens with zero attached hydrogens (tertiary/aromatic N) is 1. The number of unbranched alkanes of at least 4 members (excludes halogenated alkanes) is 15. The quantitative estimate of drug-likeness (QED) is 0.198. The number of rotatable bonds is 20. The van der Waals surface area contributed by atoms with E-state index in [2.05, 4.69) is 11.5 Å². The molecule has 0 atom stereocenters. The van der Waals surface area contributed by atoms with Crippen LogP contribution in [0.1, 0.15) is 115 Å². The molecule has 0 amide bonds. The molecule has 1 aromatic carbocycles. The third-order valence-corrected chi connectivity index (χ3v) is 6.54. The van der Waals surface area contributed by atoms with Crippen LogP contribution < -0.4 is 10.2 Å². The smallest absolute Gasteiger partial charge is 0.223 e. The summed E-state index contributed by atoms with van der Waals surface area (Å²) in [5.74, 6) is 0.608. The second kappa shape index (κ2) is 18.1. The first-order valence-corrected chi connectivity index (χ1v) is 13.8. The van der Waals surface area contributed by atoms with Crippen LogP contribution in [0.25, 0.3) is 0 Å². The van der Waals surface area contributed by atoms with Gasteiger partial charge in [-0.15, -0.1) is 0 Å². The second-order valence-corrected chi connectivity index (χ2v) is 9.67. The maximum Gasteiger partial charge on any atom is 0.223 e. The molecule has 0 radical (unpaired) electrons. The highest BCUT2D eigenvalue weighted by molar-refractivity contribution is 5.26. The Morgan fingerprint density at radius 2 is 1.21 bits per heavy atom. The highest BCUT2D eigenvalue weighted by Crippen LogP contribution is 2.15. The van der Waals surface area contributed by atoms with Crippen molar-refractivity contribution < 1.29 is 9.84 Å². The van der Waals surface area contributed by atoms with Crippen LogP contribution in [0.4, 0.5) is 0 Å². The SMILES string of the molecule is CCCCCCCCCCCCCCCCCCn1ccc(=O)c(OCc2ccc(O)cc2)c1. The van der Waals surface area contributed by atoms with Gasteiger partial charge in [-0.2, -0.15) is 0 Å². The standard InChI is InChI=1S/C30H47NO3/c1-2-3-4-5-6-7-8-9-10-11-12-13-14-15-16-17-23-31-24-22-29(33)30(25-31)34-26-27-18-20-28(32)21-19-27/h18-22,24-25,32H,2-17,23,26H2,1H3. The van der Waals surface area contributed by atoms with E-state index in [-0.39, 0.29) is 11.2 Å². The van der Waals surface area contributed by atoms with Crippen LogP contribution in [0, 0.1) is 0 Å². The molecule has 190 valence electrons. The summed E-state index contributed by atoms with van der Waals surface area (Å²) in [6, 6.07) is 8.43. The largest absolute Gasteiger partial charge is 0.508 e. The van der Waals surface area contributed by atoms with Crippen molar-refractivity contribution in [3.8, 4) is 11.5 Å². The Balaban J connectivity index is 1.46. The van der Waals surface area contributed by atoms with E-state index in [0.717, 1.165) is 18.5 Å². The number of hydrogen-bond acceptors (Lipinski definition) is 3. The summed E-state index contributed by atoms with van der Waals surface area (Å²) in [5, 5.41) is 9.36. The van der Waals surface area contributed by atoms with Crippen LogP contribution in [0.5, 0.6) is 11.5 Å². The van der Waals surface area contributed by atoms with Gasteiger partial charge in [-0.3, -0.25) is 4.79 Å². The van der Waals surface area contributed by atoms with Gasteiger partial charge < -0.3 is 14.4 Å². The van der Waals surface area contributed by atoms with Gasteiger partial charge >= 0.3 is 0 Å². The molecule has 0 fully saturated rings. The molecule has 0 spiro atoms. The number of aromatic nitrogens is 1. The molecule has 2 rings (SSSR count). The fraction of sp³-hybridized carbons (Fsp3) is 0.633. The summed E-state index contributed by atoms with van der Waals surface area (Å²) < 4.78 is 7.77. The van der Waals surface area contributed by atoms with E-state index in [4.69, 9.17) is 4.74 Å². The molecule has 0 bridgehead atoms. The lowest BCUT2D eigenvalue weighted by Crippen LogP contribution is -2.11. The molecular weight excluding hydrogens is 422 g/mol. The van der Waals surface area contributed by atoms with Gasteiger partial charge in [-0.25, -0.2) is 0 Å². The van der Waals surface area contributed by atoms with E-state index in [9.17, 15) is 9.90 Å². The predicted octanol–water partition coefficient (Wildman–Crippen LogP) is 8.39. The predicted molar refractivity (Wildman–Crippen MR) is 143 cm³/mol. The molecular formula is C30H47NO3. The minimum absolute atomic E-state index is 0.0954. The molecule has 1 N–H and O–H groups in total. The fourth-order valence-corrected chi connectivity index (χ4v) is 4.35. The molecule has 0 aliphatic carbocycles. The van der Waals surface area contributed by atoms with E-state index in [1.54, 1.807) is 30.3 Å². The van der Waals surface area contributed by atoms with Crippen molar-refractivity contribution in [1.29, 1.82) is 0 Å². The topological polar surface area (TPSA) is 51.5 Å². The molecule has 0 aliphatic rings. The molecule has 0 saturated carbocycles. The highest BCUT2D eigenvalue weighted by Gasteiger charge is 2.03. The average Bonchev–Trinajstić information content (AvgIpc) is 2.85. The maximum atomic E-state index is 12.1. The zero-order valence-corrected chi connectivity index (χ0v) is 21.5. The van der Waals surface area contributed by atoms with Gasteiger partial charge in [-0.05, 0) is 24.1 Å². The first kappa shape index (κ1) is 28.0. The van der Waals surface area contributed by atoms with Crippen LogP contribution in [-0.4, -0.2) is 9.67 Å². The number of benzene rings is 1. The van der Waals surface area contributed by atoms with Gasteiger partial charge in [0.2, 0.25) is 5.43 Å². The van der Waals surface area contributed by atoms with Crippen molar-refractivity contribution in [2.45, 2.75) is 123 Å². The van der Waals surface area contributed by atoms with Gasteiger partial charge in [0.25, 0.3) is 0 Å². The summed E-state index contributed by atoms with van der Waals surface area (Å²) in [7, 11) is 0. The summed E-state index contributed by atoms with van der Waals surface area (Å²) >= 11 is 0. The Labute approximate surface area is 207 Å². The number of pyridine rings is 1. The molecule has 1 heterocycles. The average molecular weight is 470 g/mol. The molecule has 2 aromatic rings. The molecule has 0 unspecified atom stereocenters. The van der Waals surface area contributed by atoms with E-state index in [1.165, 1.54) is 96.3 Å². The molecule has 4 nitrogen and oxygen atoms in total. The van der Waals surface area contributed by atoms with Gasteiger partial charge in [0.05, 0.1) is 6.20 Å². The van der Waals surface area contributed by atoms with E-state index in [0.29, 0.717) is 12.4 Å². The first-order chi connectivity index (χ1) is 16.7. The number of hydrogen-bond donors (Lipinski definition) is 1. The second-order valence-electron chi connectivity index (χ2n) is 9.67. The van der Waals surface area contributed by atoms with Crippen molar-refractivity contribution in [3.05, 3.63) is 58.5 Å². The zero-order chi connectivity index (χ0) is 24.3. The van der Waals surface area contributed by atoms with E-state index < -0.39 is 0 Å². The molecule has 4 heteroatoms. The van der Waals surface area contributed by atoms with Gasteiger partial charge in [0.15, 0.2) is 5.75 Å². The van der Waals surface area contributed by atoms with Crippen LogP contribution in [-0.2, 0) is 13.2 Å². The monoisotopic (exact) mass is 469 g/mol. The number of aryl methyl sites for hydroxylation is 1. The van der Waals surface area contributed by atoms with Crippen LogP contribution in [0.15, 0.2) is 47.5 Å². The lowest BCUT2D eigenvalue weighted by molar-refractivity contribution is 0.299. The van der Waals surface area contributed by atoms with Crippen molar-refractivity contribution >= 4 is 0 Å². The number of aromatic hydroxyl groups is 1. The third kappa shape index (κ3) is 12.9. The van der Waals surface area contributed by atoms with Crippen molar-refractivity contribution in [1.82, 2.24) is 4.57 Å². The van der Waals surface area contributed by atoms with Gasteiger partial charge in [-0.1, -0.05) is 115 Å². The third-order valence-electron chi connectivity index (χ3n) is 6.54. The van der Waals surface area contributed by atoms with Crippen molar-refractivity contribution in [2.75, 3.05) is 0 Å². The van der Waals surface area contributed by atoms with Crippen molar-refractivity contribution in [3.63, 3.8) is 0 Å². The minimum Gasteiger partial charge on any atom is -0.508 e. The van der Waals surface area contributed by atoms with Crippen LogP contribution in [0.2, 0.25) is 0 Å². The van der Waals surface area contributed by atoms with E-state index in [1.807, 2.05) is 12.4 Å². The Morgan fingerprint density at radius 3 is 1.74 bits per heavy atom. The summed E-state index contributed by atoms with van der Waals surface area (Å²) in [4.78, 5) is 12.1. The summed E-state index contributed by atoms with van der Waals surface area (Å²) in [5.41, 5.74) is 0.826. The molecule has 0 aliphatic heterocycles. The lowest BCUT2D eigenvalue weighted by Gasteiger charge is -2.10. The Hall–Kier alpha value is -2.23. The Kier molecular flexibility index (Phi) is 14.9. The molecule has 1 aromatic heterocycles. The summed E-state index contributed by atoms with van der Waals surface area (Å²) in [6.45, 7) is 3.51. The van der Waals surface area contributed by atoms with Crippen LogP contribution in [0.3, 0.4) is 0 Å². The lowest BCUT2D eigenvalue weighted by atomic mass is 10.0. The number of ether oxygens (including phenoxy) is 1. The normalized spacial score (nSPS) is 11.1. The fourth-order valence-electron chi connectivity index (χ4n) is 4.35. The first-order valence-electron chi connectivity index (χ1n) is 13.8. The van der Waals surface area contributed by atoms with Crippen LogP contribution >= 0.6 is 0 Å². The summed E-state index contributed by atoms with van der Waals surface area (Å²) in [6.07, 6.45) is 25.6. The molecule has 0 saturated heterocycles. The minimum atomic E-state index is -0.0954. The maximum absolute atomic E-state index is 12.1. The number of phenolic OH excluding ortho intramolecular Hbond substituents is 1. The van der Waals surface area contributed by atoms with Gasteiger partial charge in [0.1, 0.15) is 12.4 Å². The Morgan fingerprint density at radius 1 is 0.706 bits per heavy atom. The van der Waals surface area contributed by atoms with E-state index >= 15 is 0 Å². The molecule has 34 heavy (non-hydrogen) atoms. The van der Waals surface area contributed by atoms with Gasteiger partial charge in [0, 0.05) is 18.8 Å².